The Kier molecular flexibility index (Phi) is 15.4. The first-order valence-corrected chi connectivity index (χ1v) is 12.2. The van der Waals surface area contributed by atoms with E-state index in [4.69, 9.17) is 0 Å². The van der Waals surface area contributed by atoms with E-state index in [0.29, 0.717) is 23.3 Å². The minimum absolute atomic E-state index is 0.101. The van der Waals surface area contributed by atoms with Gasteiger partial charge in [0.25, 0.3) is 0 Å². The SMILES string of the molecule is CON=C(C)c1cccc(C(F)(F)F)c1.CON=CCc1ccc(F)cc1F.CON=CCc1ccccc1C(F)(F)F. The van der Waals surface area contributed by atoms with E-state index in [1.807, 2.05) is 0 Å². The van der Waals surface area contributed by atoms with E-state index in [1.165, 1.54) is 64.1 Å². The first kappa shape index (κ1) is 36.5. The summed E-state index contributed by atoms with van der Waals surface area (Å²) < 4.78 is 99.9. The maximum atomic E-state index is 12.9. The molecular weight excluding hydrogens is 590 g/mol. The topological polar surface area (TPSA) is 64.8 Å². The molecule has 0 spiro atoms. The van der Waals surface area contributed by atoms with Crippen LogP contribution in [-0.2, 0) is 39.7 Å². The summed E-state index contributed by atoms with van der Waals surface area (Å²) in [5.41, 5.74) is 0.0569. The van der Waals surface area contributed by atoms with Crippen molar-refractivity contribution in [3.05, 3.63) is 106 Å². The fourth-order valence-corrected chi connectivity index (χ4v) is 3.19. The highest BCUT2D eigenvalue weighted by atomic mass is 19.4. The van der Waals surface area contributed by atoms with Gasteiger partial charge in [0.05, 0.1) is 16.8 Å². The van der Waals surface area contributed by atoms with Gasteiger partial charge >= 0.3 is 12.4 Å². The molecule has 0 aliphatic rings. The predicted octanol–water partition coefficient (Wildman–Crippen LogP) is 8.10. The van der Waals surface area contributed by atoms with E-state index >= 15 is 0 Å². The van der Waals surface area contributed by atoms with Gasteiger partial charge in [-0.2, -0.15) is 26.3 Å². The van der Waals surface area contributed by atoms with Crippen molar-refractivity contribution in [2.45, 2.75) is 32.1 Å². The van der Waals surface area contributed by atoms with Crippen molar-refractivity contribution in [3.63, 3.8) is 0 Å². The summed E-state index contributed by atoms with van der Waals surface area (Å²) in [6.07, 6.45) is -5.55. The minimum Gasteiger partial charge on any atom is -0.399 e. The average Bonchev–Trinajstić information content (AvgIpc) is 2.95. The molecule has 0 saturated heterocycles. The first-order valence-electron chi connectivity index (χ1n) is 12.2. The summed E-state index contributed by atoms with van der Waals surface area (Å²) in [5.74, 6) is -1.15. The van der Waals surface area contributed by atoms with E-state index < -0.39 is 35.1 Å². The summed E-state index contributed by atoms with van der Waals surface area (Å²) in [6, 6.07) is 13.8. The molecule has 0 N–H and O–H groups in total. The van der Waals surface area contributed by atoms with Gasteiger partial charge < -0.3 is 14.5 Å². The van der Waals surface area contributed by atoms with Crippen LogP contribution in [0, 0.1) is 11.6 Å². The zero-order chi connectivity index (χ0) is 32.5. The van der Waals surface area contributed by atoms with Gasteiger partial charge in [0, 0.05) is 31.3 Å². The Balaban J connectivity index is 0.000000324. The van der Waals surface area contributed by atoms with Gasteiger partial charge in [0.2, 0.25) is 0 Å². The molecule has 0 aliphatic heterocycles. The Morgan fingerprint density at radius 2 is 1.30 bits per heavy atom. The molecule has 0 aliphatic carbocycles. The number of halogens is 8. The molecule has 0 radical (unpaired) electrons. The Hall–Kier alpha value is -4.49. The number of alkyl halides is 6. The van der Waals surface area contributed by atoms with Crippen LogP contribution in [0.25, 0.3) is 0 Å². The number of hydrogen-bond acceptors (Lipinski definition) is 6. The highest BCUT2D eigenvalue weighted by molar-refractivity contribution is 5.98. The van der Waals surface area contributed by atoms with Crippen LogP contribution in [0.2, 0.25) is 0 Å². The highest BCUT2D eigenvalue weighted by Crippen LogP contribution is 2.32. The fourth-order valence-electron chi connectivity index (χ4n) is 3.19. The molecule has 0 saturated carbocycles. The summed E-state index contributed by atoms with van der Waals surface area (Å²) in [7, 11) is 4.08. The Bertz CT molecular complexity index is 1360. The summed E-state index contributed by atoms with van der Waals surface area (Å²) in [6.45, 7) is 1.58. The lowest BCUT2D eigenvalue weighted by molar-refractivity contribution is -0.138. The van der Waals surface area contributed by atoms with E-state index in [9.17, 15) is 35.1 Å². The summed E-state index contributed by atoms with van der Waals surface area (Å²) in [5, 5.41) is 10.4. The standard InChI is InChI=1S/2C10H10F3NO.C9H9F2NO/c1-7(14-15-2)8-4-3-5-9(6-8)10(11,12)13;1-15-14-7-6-8-4-2-3-5-9(8)10(11,12)13;1-13-12-5-4-7-2-3-8(10)6-9(7)11/h3-6H,1-2H3;2-5,7H,6H2,1H3;2-3,5-6H,4H2,1H3. The number of oxime groups is 3. The van der Waals surface area contributed by atoms with Crippen molar-refractivity contribution >= 4 is 18.1 Å². The number of hydrogen-bond donors (Lipinski definition) is 0. The summed E-state index contributed by atoms with van der Waals surface area (Å²) >= 11 is 0. The number of rotatable bonds is 8. The summed E-state index contributed by atoms with van der Waals surface area (Å²) in [4.78, 5) is 13.3. The second kappa shape index (κ2) is 18.1. The average molecular weight is 620 g/mol. The molecule has 14 heteroatoms. The van der Waals surface area contributed by atoms with Crippen molar-refractivity contribution in [3.8, 4) is 0 Å². The second-order valence-corrected chi connectivity index (χ2v) is 8.18. The third kappa shape index (κ3) is 13.8. The highest BCUT2D eigenvalue weighted by Gasteiger charge is 2.32. The maximum Gasteiger partial charge on any atom is 0.416 e. The zero-order valence-corrected chi connectivity index (χ0v) is 23.5. The molecule has 3 aromatic carbocycles. The van der Waals surface area contributed by atoms with Crippen molar-refractivity contribution in [2.75, 3.05) is 21.3 Å². The Morgan fingerprint density at radius 3 is 1.84 bits per heavy atom. The van der Waals surface area contributed by atoms with Gasteiger partial charge in [-0.25, -0.2) is 8.78 Å². The molecule has 0 amide bonds. The van der Waals surface area contributed by atoms with Gasteiger partial charge in [0.15, 0.2) is 0 Å². The van der Waals surface area contributed by atoms with Gasteiger partial charge in [-0.1, -0.05) is 51.9 Å². The molecule has 234 valence electrons. The van der Waals surface area contributed by atoms with Crippen LogP contribution in [0.5, 0.6) is 0 Å². The molecule has 0 fully saturated rings. The maximum absolute atomic E-state index is 12.9. The van der Waals surface area contributed by atoms with Crippen LogP contribution >= 0.6 is 0 Å². The van der Waals surface area contributed by atoms with Gasteiger partial charge in [-0.15, -0.1) is 0 Å². The third-order valence-corrected chi connectivity index (χ3v) is 5.16. The largest absolute Gasteiger partial charge is 0.416 e. The molecule has 0 heterocycles. The molecule has 43 heavy (non-hydrogen) atoms. The second-order valence-electron chi connectivity index (χ2n) is 8.18. The third-order valence-electron chi connectivity index (χ3n) is 5.16. The van der Waals surface area contributed by atoms with Crippen LogP contribution in [0.4, 0.5) is 35.1 Å². The van der Waals surface area contributed by atoms with Crippen LogP contribution < -0.4 is 0 Å². The Morgan fingerprint density at radius 1 is 0.698 bits per heavy atom. The van der Waals surface area contributed by atoms with Gasteiger partial charge in [-0.3, -0.25) is 0 Å². The number of nitrogens with zero attached hydrogens (tertiary/aromatic N) is 3. The molecule has 3 aromatic rings. The van der Waals surface area contributed by atoms with E-state index in [2.05, 4.69) is 30.0 Å². The predicted molar refractivity (Wildman–Crippen MR) is 147 cm³/mol. The van der Waals surface area contributed by atoms with Gasteiger partial charge in [-0.05, 0) is 47.9 Å². The normalized spacial score (nSPS) is 11.9. The zero-order valence-electron chi connectivity index (χ0n) is 23.5. The van der Waals surface area contributed by atoms with E-state index in [0.717, 1.165) is 24.3 Å². The lowest BCUT2D eigenvalue weighted by atomic mass is 10.1. The van der Waals surface area contributed by atoms with E-state index in [1.54, 1.807) is 19.1 Å². The van der Waals surface area contributed by atoms with E-state index in [-0.39, 0.29) is 12.0 Å². The Labute approximate surface area is 243 Å². The quantitative estimate of drug-likeness (QED) is 0.145. The monoisotopic (exact) mass is 619 g/mol. The molecule has 6 nitrogen and oxygen atoms in total. The molecular formula is C29H29F8N3O3. The minimum atomic E-state index is -4.33. The van der Waals surface area contributed by atoms with Crippen molar-refractivity contribution in [1.82, 2.24) is 0 Å². The van der Waals surface area contributed by atoms with Gasteiger partial charge in [0.1, 0.15) is 33.0 Å². The molecule has 0 unspecified atom stereocenters. The lowest BCUT2D eigenvalue weighted by Gasteiger charge is -2.10. The first-order chi connectivity index (χ1) is 20.2. The fraction of sp³-hybridized carbons (Fsp3) is 0.276. The smallest absolute Gasteiger partial charge is 0.399 e. The van der Waals surface area contributed by atoms with Crippen molar-refractivity contribution < 1.29 is 49.6 Å². The van der Waals surface area contributed by atoms with Crippen LogP contribution in [0.3, 0.4) is 0 Å². The van der Waals surface area contributed by atoms with Crippen LogP contribution in [-0.4, -0.2) is 39.5 Å². The lowest BCUT2D eigenvalue weighted by Crippen LogP contribution is -2.09. The molecule has 0 aromatic heterocycles. The molecule has 0 atom stereocenters. The van der Waals surface area contributed by atoms with Crippen molar-refractivity contribution in [2.24, 2.45) is 15.5 Å². The van der Waals surface area contributed by atoms with Crippen LogP contribution in [0.1, 0.15) is 34.7 Å². The number of benzene rings is 3. The van der Waals surface area contributed by atoms with Crippen molar-refractivity contribution in [1.29, 1.82) is 0 Å². The molecule has 0 bridgehead atoms. The molecule has 3 rings (SSSR count). The van der Waals surface area contributed by atoms with Crippen LogP contribution in [0.15, 0.2) is 82.2 Å².